The molecule has 112 valence electrons. The summed E-state index contributed by atoms with van der Waals surface area (Å²) in [6.45, 7) is 10.8. The van der Waals surface area contributed by atoms with Gasteiger partial charge in [0, 0.05) is 13.0 Å². The zero-order valence-corrected chi connectivity index (χ0v) is 12.7. The number of amides is 1. The minimum Gasteiger partial charge on any atom is -0.481 e. The number of aliphatic carboxylic acids is 1. The first-order valence-corrected chi connectivity index (χ1v) is 6.94. The van der Waals surface area contributed by atoms with Crippen LogP contribution in [0.1, 0.15) is 47.5 Å². The molecule has 0 heterocycles. The number of carboxylic acid groups (broad SMARTS) is 1. The van der Waals surface area contributed by atoms with Gasteiger partial charge in [0.05, 0.1) is 5.54 Å². The highest BCUT2D eigenvalue weighted by molar-refractivity contribution is 5.85. The fourth-order valence-electron chi connectivity index (χ4n) is 2.13. The third-order valence-electron chi connectivity index (χ3n) is 3.01. The highest BCUT2D eigenvalue weighted by Gasteiger charge is 2.26. The van der Waals surface area contributed by atoms with Gasteiger partial charge in [0.15, 0.2) is 0 Å². The quantitative estimate of drug-likeness (QED) is 0.596. The predicted octanol–water partition coefficient (Wildman–Crippen LogP) is 1.63. The highest BCUT2D eigenvalue weighted by Crippen LogP contribution is 2.15. The molecular weight excluding hydrogens is 244 g/mol. The molecule has 0 fully saturated rings. The van der Waals surface area contributed by atoms with Crippen molar-refractivity contribution in [2.75, 3.05) is 13.1 Å². The topological polar surface area (TPSA) is 78.4 Å². The molecule has 3 N–H and O–H groups in total. The van der Waals surface area contributed by atoms with Crippen LogP contribution in [0.25, 0.3) is 0 Å². The Hall–Kier alpha value is -1.10. The van der Waals surface area contributed by atoms with E-state index in [0.29, 0.717) is 19.0 Å². The summed E-state index contributed by atoms with van der Waals surface area (Å²) < 4.78 is 0. The van der Waals surface area contributed by atoms with Gasteiger partial charge in [-0.15, -0.1) is 0 Å². The summed E-state index contributed by atoms with van der Waals surface area (Å²) >= 11 is 0. The molecule has 0 radical (unpaired) electrons. The van der Waals surface area contributed by atoms with Crippen LogP contribution in [0.4, 0.5) is 0 Å². The Balaban J connectivity index is 4.37. The van der Waals surface area contributed by atoms with Gasteiger partial charge in [-0.2, -0.15) is 0 Å². The van der Waals surface area contributed by atoms with Crippen LogP contribution in [0.15, 0.2) is 0 Å². The van der Waals surface area contributed by atoms with Gasteiger partial charge in [-0.05, 0) is 38.6 Å². The van der Waals surface area contributed by atoms with Crippen molar-refractivity contribution in [1.29, 1.82) is 0 Å². The Labute approximate surface area is 116 Å². The molecule has 19 heavy (non-hydrogen) atoms. The number of nitrogens with one attached hydrogen (secondary N) is 2. The largest absolute Gasteiger partial charge is 0.481 e. The summed E-state index contributed by atoms with van der Waals surface area (Å²) in [5.74, 6) is -0.499. The standard InChI is InChI=1S/C14H28N2O3/c1-6-16-14(4,5)13(19)15-9-11(7-10(2)3)8-12(17)18/h10-11,16H,6-9H2,1-5H3,(H,15,19)(H,17,18)/t11-/m1/s1. The molecule has 0 unspecified atom stereocenters. The lowest BCUT2D eigenvalue weighted by Gasteiger charge is -2.26. The van der Waals surface area contributed by atoms with Crippen LogP contribution in [0, 0.1) is 11.8 Å². The molecule has 5 nitrogen and oxygen atoms in total. The zero-order valence-electron chi connectivity index (χ0n) is 12.7. The Morgan fingerprint density at radius 1 is 1.26 bits per heavy atom. The molecule has 5 heteroatoms. The first-order valence-electron chi connectivity index (χ1n) is 6.94. The van der Waals surface area contributed by atoms with E-state index in [-0.39, 0.29) is 18.2 Å². The Bertz CT molecular complexity index is 301. The monoisotopic (exact) mass is 272 g/mol. The molecule has 0 aliphatic carbocycles. The van der Waals surface area contributed by atoms with Gasteiger partial charge in [0.25, 0.3) is 0 Å². The molecule has 0 aliphatic rings. The fourth-order valence-corrected chi connectivity index (χ4v) is 2.13. The van der Waals surface area contributed by atoms with E-state index in [2.05, 4.69) is 24.5 Å². The van der Waals surface area contributed by atoms with E-state index in [0.717, 1.165) is 6.42 Å². The summed E-state index contributed by atoms with van der Waals surface area (Å²) in [6, 6.07) is 0. The maximum absolute atomic E-state index is 12.0. The smallest absolute Gasteiger partial charge is 0.303 e. The lowest BCUT2D eigenvalue weighted by molar-refractivity contribution is -0.138. The third kappa shape index (κ3) is 7.82. The van der Waals surface area contributed by atoms with Crippen LogP contribution in [0.5, 0.6) is 0 Å². The number of likely N-dealkylation sites (N-methyl/N-ethyl adjacent to an activating group) is 1. The van der Waals surface area contributed by atoms with Crippen LogP contribution < -0.4 is 10.6 Å². The van der Waals surface area contributed by atoms with Gasteiger partial charge in [0.2, 0.25) is 5.91 Å². The fraction of sp³-hybridized carbons (Fsp3) is 0.857. The minimum absolute atomic E-state index is 0.0149. The molecule has 0 aliphatic heterocycles. The van der Waals surface area contributed by atoms with Crippen molar-refractivity contribution in [3.05, 3.63) is 0 Å². The van der Waals surface area contributed by atoms with Crippen molar-refractivity contribution in [2.45, 2.75) is 53.0 Å². The number of carboxylic acids is 1. The van der Waals surface area contributed by atoms with E-state index >= 15 is 0 Å². The summed E-state index contributed by atoms with van der Waals surface area (Å²) in [4.78, 5) is 22.8. The highest BCUT2D eigenvalue weighted by atomic mass is 16.4. The van der Waals surface area contributed by atoms with Gasteiger partial charge in [0.1, 0.15) is 0 Å². The molecule has 0 aromatic carbocycles. The van der Waals surface area contributed by atoms with E-state index in [9.17, 15) is 9.59 Å². The van der Waals surface area contributed by atoms with Gasteiger partial charge in [-0.1, -0.05) is 20.8 Å². The summed E-state index contributed by atoms with van der Waals surface area (Å²) in [6.07, 6.45) is 0.897. The number of hydrogen-bond donors (Lipinski definition) is 3. The summed E-state index contributed by atoms with van der Waals surface area (Å²) in [5, 5.41) is 14.8. The Kier molecular flexibility index (Phi) is 7.68. The second kappa shape index (κ2) is 8.15. The van der Waals surface area contributed by atoms with Crippen molar-refractivity contribution in [2.24, 2.45) is 11.8 Å². The van der Waals surface area contributed by atoms with Crippen molar-refractivity contribution < 1.29 is 14.7 Å². The Morgan fingerprint density at radius 2 is 1.84 bits per heavy atom. The van der Waals surface area contributed by atoms with Crippen molar-refractivity contribution >= 4 is 11.9 Å². The van der Waals surface area contributed by atoms with Gasteiger partial charge >= 0.3 is 5.97 Å². The Morgan fingerprint density at radius 3 is 2.26 bits per heavy atom. The van der Waals surface area contributed by atoms with Crippen LogP contribution in [-0.2, 0) is 9.59 Å². The number of carbonyl (C=O) groups excluding carboxylic acids is 1. The van der Waals surface area contributed by atoms with Crippen LogP contribution >= 0.6 is 0 Å². The van der Waals surface area contributed by atoms with Gasteiger partial charge in [-0.25, -0.2) is 0 Å². The lowest BCUT2D eigenvalue weighted by atomic mass is 9.93. The molecule has 1 atom stereocenters. The summed E-state index contributed by atoms with van der Waals surface area (Å²) in [7, 11) is 0. The number of rotatable bonds is 9. The van der Waals surface area contributed by atoms with E-state index in [1.807, 2.05) is 20.8 Å². The summed E-state index contributed by atoms with van der Waals surface area (Å²) in [5.41, 5.74) is -0.625. The minimum atomic E-state index is -0.814. The molecule has 0 saturated carbocycles. The second-order valence-electron chi connectivity index (χ2n) is 5.96. The van der Waals surface area contributed by atoms with Gasteiger partial charge < -0.3 is 15.7 Å². The van der Waals surface area contributed by atoms with Crippen molar-refractivity contribution in [3.8, 4) is 0 Å². The average molecular weight is 272 g/mol. The second-order valence-corrected chi connectivity index (χ2v) is 5.96. The first-order chi connectivity index (χ1) is 8.69. The molecule has 0 saturated heterocycles. The first kappa shape index (κ1) is 17.9. The van der Waals surface area contributed by atoms with E-state index in [1.165, 1.54) is 0 Å². The molecule has 0 rings (SSSR count). The van der Waals surface area contributed by atoms with Crippen LogP contribution in [0.2, 0.25) is 0 Å². The maximum Gasteiger partial charge on any atom is 0.303 e. The lowest BCUT2D eigenvalue weighted by Crippen LogP contribution is -2.53. The van der Waals surface area contributed by atoms with Gasteiger partial charge in [-0.3, -0.25) is 9.59 Å². The SMILES string of the molecule is CCNC(C)(C)C(=O)NC[C@@H](CC(=O)O)CC(C)C. The molecule has 0 spiro atoms. The normalized spacial score (nSPS) is 13.4. The van der Waals surface area contributed by atoms with E-state index < -0.39 is 11.5 Å². The number of hydrogen-bond acceptors (Lipinski definition) is 3. The molecule has 1 amide bonds. The predicted molar refractivity (Wildman–Crippen MR) is 76.0 cm³/mol. The van der Waals surface area contributed by atoms with E-state index in [4.69, 9.17) is 5.11 Å². The van der Waals surface area contributed by atoms with Crippen LogP contribution in [-0.4, -0.2) is 35.6 Å². The molecular formula is C14H28N2O3. The third-order valence-corrected chi connectivity index (χ3v) is 3.01. The maximum atomic E-state index is 12.0. The average Bonchev–Trinajstić information content (AvgIpc) is 2.23. The molecule has 0 bridgehead atoms. The van der Waals surface area contributed by atoms with Crippen LogP contribution in [0.3, 0.4) is 0 Å². The van der Waals surface area contributed by atoms with E-state index in [1.54, 1.807) is 0 Å². The van der Waals surface area contributed by atoms with Crippen molar-refractivity contribution in [3.63, 3.8) is 0 Å². The molecule has 0 aromatic rings. The zero-order chi connectivity index (χ0) is 15.1. The van der Waals surface area contributed by atoms with Crippen molar-refractivity contribution in [1.82, 2.24) is 10.6 Å². The molecule has 0 aromatic heterocycles. The number of carbonyl (C=O) groups is 2.